The normalized spacial score (nSPS) is 21.3. The smallest absolute Gasteiger partial charge is 0.329 e. The van der Waals surface area contributed by atoms with Gasteiger partial charge in [-0.05, 0) is 0 Å². The summed E-state index contributed by atoms with van der Waals surface area (Å²) in [6, 6.07) is 6.29. The van der Waals surface area contributed by atoms with Gasteiger partial charge in [-0.1, -0.05) is 30.3 Å². The minimum absolute atomic E-state index is 0.0919. The monoisotopic (exact) mass is 184 g/mol. The predicted molar refractivity (Wildman–Crippen MR) is 42.2 cm³/mol. The van der Waals surface area contributed by atoms with Gasteiger partial charge in [-0.2, -0.15) is 4.39 Å². The number of benzene rings is 1. The van der Waals surface area contributed by atoms with E-state index in [4.69, 9.17) is 14.2 Å². The largest absolute Gasteiger partial charge is 0.352 e. The summed E-state index contributed by atoms with van der Waals surface area (Å²) in [7, 11) is 0. The average Bonchev–Trinajstić information content (AvgIpc) is 2.20. The van der Waals surface area contributed by atoms with Crippen molar-refractivity contribution in [2.75, 3.05) is 13.6 Å². The highest BCUT2D eigenvalue weighted by molar-refractivity contribution is 5.18. The van der Waals surface area contributed by atoms with E-state index in [0.29, 0.717) is 5.56 Å². The molecule has 1 fully saturated rings. The Labute approximate surface area is 75.0 Å². The van der Waals surface area contributed by atoms with Crippen LogP contribution in [0.4, 0.5) is 4.39 Å². The molecule has 1 aliphatic rings. The van der Waals surface area contributed by atoms with E-state index < -0.39 is 6.04 Å². The zero-order valence-corrected chi connectivity index (χ0v) is 6.90. The quantitative estimate of drug-likeness (QED) is 0.665. The molecule has 3 nitrogen and oxygen atoms in total. The van der Waals surface area contributed by atoms with Crippen LogP contribution in [0.15, 0.2) is 30.3 Å². The number of halogens is 1. The van der Waals surface area contributed by atoms with E-state index in [1.807, 2.05) is 0 Å². The zero-order valence-electron chi connectivity index (χ0n) is 6.90. The van der Waals surface area contributed by atoms with Gasteiger partial charge >= 0.3 is 6.04 Å². The number of hydrogen-bond acceptors (Lipinski definition) is 3. The Bertz CT molecular complexity index is 269. The molecule has 1 aromatic carbocycles. The van der Waals surface area contributed by atoms with Crippen LogP contribution in [-0.4, -0.2) is 13.6 Å². The molecule has 70 valence electrons. The standard InChI is InChI=1S/C9H9FO3/c10-9(12-6-11-7-13-9)8-4-2-1-3-5-8/h1-5H,6-7H2. The van der Waals surface area contributed by atoms with E-state index in [9.17, 15) is 4.39 Å². The zero-order chi connectivity index (χ0) is 9.15. The van der Waals surface area contributed by atoms with E-state index in [1.54, 1.807) is 30.3 Å². The lowest BCUT2D eigenvalue weighted by atomic mass is 10.2. The highest BCUT2D eigenvalue weighted by Gasteiger charge is 2.37. The maximum atomic E-state index is 13.8. The number of rotatable bonds is 1. The minimum Gasteiger partial charge on any atom is -0.329 e. The van der Waals surface area contributed by atoms with Gasteiger partial charge in [-0.15, -0.1) is 0 Å². The first kappa shape index (κ1) is 8.62. The maximum absolute atomic E-state index is 13.8. The number of alkyl halides is 1. The molecule has 1 heterocycles. The van der Waals surface area contributed by atoms with Gasteiger partial charge in [0.2, 0.25) is 0 Å². The van der Waals surface area contributed by atoms with Crippen LogP contribution in [0, 0.1) is 0 Å². The molecule has 0 radical (unpaired) electrons. The fourth-order valence-corrected chi connectivity index (χ4v) is 1.11. The molecule has 0 bridgehead atoms. The Morgan fingerprint density at radius 3 is 2.31 bits per heavy atom. The minimum atomic E-state index is -2.15. The van der Waals surface area contributed by atoms with Crippen LogP contribution in [-0.2, 0) is 20.3 Å². The van der Waals surface area contributed by atoms with Crippen LogP contribution in [0.5, 0.6) is 0 Å². The molecular weight excluding hydrogens is 175 g/mol. The lowest BCUT2D eigenvalue weighted by Gasteiger charge is -2.29. The third-order valence-corrected chi connectivity index (χ3v) is 1.77. The topological polar surface area (TPSA) is 27.7 Å². The second kappa shape index (κ2) is 3.41. The molecule has 1 saturated heterocycles. The number of hydrogen-bond donors (Lipinski definition) is 0. The Balaban J connectivity index is 2.23. The summed E-state index contributed by atoms with van der Waals surface area (Å²) in [6.45, 7) is -0.184. The summed E-state index contributed by atoms with van der Waals surface area (Å²) in [6.07, 6.45) is 0. The summed E-state index contributed by atoms with van der Waals surface area (Å²) in [4.78, 5) is 0. The predicted octanol–water partition coefficient (Wildman–Crippen LogP) is 1.74. The molecule has 0 amide bonds. The molecule has 0 unspecified atom stereocenters. The van der Waals surface area contributed by atoms with Gasteiger partial charge in [0.25, 0.3) is 0 Å². The van der Waals surface area contributed by atoms with Crippen LogP contribution in [0.3, 0.4) is 0 Å². The van der Waals surface area contributed by atoms with Crippen LogP contribution >= 0.6 is 0 Å². The lowest BCUT2D eigenvalue weighted by Crippen LogP contribution is -2.34. The molecular formula is C9H9FO3. The van der Waals surface area contributed by atoms with Crippen LogP contribution in [0.25, 0.3) is 0 Å². The summed E-state index contributed by atoms with van der Waals surface area (Å²) < 4.78 is 28.0. The molecule has 1 aliphatic heterocycles. The van der Waals surface area contributed by atoms with Crippen molar-refractivity contribution in [3.05, 3.63) is 35.9 Å². The van der Waals surface area contributed by atoms with Crippen molar-refractivity contribution in [3.63, 3.8) is 0 Å². The maximum Gasteiger partial charge on any atom is 0.352 e. The first-order valence-corrected chi connectivity index (χ1v) is 3.91. The van der Waals surface area contributed by atoms with E-state index >= 15 is 0 Å². The van der Waals surface area contributed by atoms with Crippen molar-refractivity contribution >= 4 is 0 Å². The Hall–Kier alpha value is -0.970. The van der Waals surface area contributed by atoms with Crippen molar-refractivity contribution < 1.29 is 18.6 Å². The molecule has 0 N–H and O–H groups in total. The van der Waals surface area contributed by atoms with E-state index in [0.717, 1.165) is 0 Å². The SMILES string of the molecule is FC1(c2ccccc2)OCOCO1. The summed E-state index contributed by atoms with van der Waals surface area (Å²) in [5.41, 5.74) is 0.346. The van der Waals surface area contributed by atoms with E-state index in [2.05, 4.69) is 0 Å². The Morgan fingerprint density at radius 2 is 1.69 bits per heavy atom. The summed E-state index contributed by atoms with van der Waals surface area (Å²) in [5.74, 6) is 0. The molecule has 0 spiro atoms. The van der Waals surface area contributed by atoms with Gasteiger partial charge in [0.1, 0.15) is 0 Å². The second-order valence-corrected chi connectivity index (χ2v) is 2.63. The number of ether oxygens (including phenoxy) is 3. The molecule has 0 aromatic heterocycles. The fraction of sp³-hybridized carbons (Fsp3) is 0.333. The van der Waals surface area contributed by atoms with Crippen molar-refractivity contribution in [3.8, 4) is 0 Å². The molecule has 0 atom stereocenters. The third kappa shape index (κ3) is 1.70. The molecule has 2 rings (SSSR count). The third-order valence-electron chi connectivity index (χ3n) is 1.77. The van der Waals surface area contributed by atoms with Gasteiger partial charge in [0.05, 0.1) is 0 Å². The van der Waals surface area contributed by atoms with Gasteiger partial charge in [-0.25, -0.2) is 0 Å². The van der Waals surface area contributed by atoms with Crippen molar-refractivity contribution in [1.82, 2.24) is 0 Å². The molecule has 0 aliphatic carbocycles. The van der Waals surface area contributed by atoms with Crippen LogP contribution in [0.1, 0.15) is 5.56 Å². The van der Waals surface area contributed by atoms with Gasteiger partial charge in [0, 0.05) is 5.56 Å². The fourth-order valence-electron chi connectivity index (χ4n) is 1.11. The van der Waals surface area contributed by atoms with Crippen LogP contribution < -0.4 is 0 Å². The van der Waals surface area contributed by atoms with Crippen molar-refractivity contribution in [2.45, 2.75) is 6.04 Å². The van der Waals surface area contributed by atoms with E-state index in [-0.39, 0.29) is 13.6 Å². The van der Waals surface area contributed by atoms with Gasteiger partial charge < -0.3 is 4.74 Å². The van der Waals surface area contributed by atoms with Gasteiger partial charge in [-0.3, -0.25) is 9.47 Å². The first-order valence-electron chi connectivity index (χ1n) is 3.91. The van der Waals surface area contributed by atoms with Crippen molar-refractivity contribution in [2.24, 2.45) is 0 Å². The van der Waals surface area contributed by atoms with Crippen molar-refractivity contribution in [1.29, 1.82) is 0 Å². The molecule has 1 aromatic rings. The Kier molecular flexibility index (Phi) is 2.26. The lowest BCUT2D eigenvalue weighted by molar-refractivity contribution is -0.422. The van der Waals surface area contributed by atoms with Crippen LogP contribution in [0.2, 0.25) is 0 Å². The molecule has 0 saturated carbocycles. The highest BCUT2D eigenvalue weighted by atomic mass is 19.2. The Morgan fingerprint density at radius 1 is 1.08 bits per heavy atom. The summed E-state index contributed by atoms with van der Waals surface area (Å²) in [5, 5.41) is 0. The molecule has 13 heavy (non-hydrogen) atoms. The summed E-state index contributed by atoms with van der Waals surface area (Å²) >= 11 is 0. The second-order valence-electron chi connectivity index (χ2n) is 2.63. The average molecular weight is 184 g/mol. The van der Waals surface area contributed by atoms with E-state index in [1.165, 1.54) is 0 Å². The highest BCUT2D eigenvalue weighted by Crippen LogP contribution is 2.30. The van der Waals surface area contributed by atoms with Gasteiger partial charge in [0.15, 0.2) is 13.6 Å². The molecule has 4 heteroatoms. The first-order chi connectivity index (χ1) is 6.31.